The van der Waals surface area contributed by atoms with Gasteiger partial charge in [-0.05, 0) is 37.8 Å². The monoisotopic (exact) mass is 162 g/mol. The molecule has 2 rings (SSSR count). The summed E-state index contributed by atoms with van der Waals surface area (Å²) in [6.07, 6.45) is 7.74. The molecule has 0 saturated heterocycles. The third kappa shape index (κ3) is 1.42. The maximum Gasteiger partial charge on any atom is 0.0558 e. The summed E-state index contributed by atoms with van der Waals surface area (Å²) in [6.45, 7) is 2.11. The Balaban J connectivity index is 2.06. The highest BCUT2D eigenvalue weighted by molar-refractivity contribution is 5.48. The van der Waals surface area contributed by atoms with E-state index in [1.807, 2.05) is 18.5 Å². The molecule has 12 heavy (non-hydrogen) atoms. The van der Waals surface area contributed by atoms with Gasteiger partial charge in [0.1, 0.15) is 0 Å². The van der Waals surface area contributed by atoms with Crippen LogP contribution in [0.5, 0.6) is 0 Å². The second kappa shape index (κ2) is 3.13. The third-order valence-electron chi connectivity index (χ3n) is 2.50. The van der Waals surface area contributed by atoms with Gasteiger partial charge in [0.2, 0.25) is 0 Å². The molecule has 2 heteroatoms. The number of aromatic nitrogens is 1. The van der Waals surface area contributed by atoms with E-state index in [9.17, 15) is 0 Å². The van der Waals surface area contributed by atoms with Crippen molar-refractivity contribution in [1.29, 1.82) is 0 Å². The van der Waals surface area contributed by atoms with Gasteiger partial charge in [0.05, 0.1) is 11.9 Å². The number of hydrogen-bond donors (Lipinski definition) is 1. The SMILES string of the molecule is Cc1ccncc1NC1CCC1. The van der Waals surface area contributed by atoms with E-state index in [0.717, 1.165) is 0 Å². The van der Waals surface area contributed by atoms with Gasteiger partial charge in [-0.15, -0.1) is 0 Å². The van der Waals surface area contributed by atoms with Crippen LogP contribution in [0.2, 0.25) is 0 Å². The minimum absolute atomic E-state index is 0.702. The van der Waals surface area contributed by atoms with Gasteiger partial charge < -0.3 is 5.32 Å². The second-order valence-electron chi connectivity index (χ2n) is 3.46. The molecule has 0 aliphatic heterocycles. The van der Waals surface area contributed by atoms with Crippen LogP contribution < -0.4 is 5.32 Å². The maximum atomic E-state index is 4.09. The van der Waals surface area contributed by atoms with E-state index in [0.29, 0.717) is 6.04 Å². The van der Waals surface area contributed by atoms with Gasteiger partial charge >= 0.3 is 0 Å². The lowest BCUT2D eigenvalue weighted by Crippen LogP contribution is -2.27. The van der Waals surface area contributed by atoms with E-state index in [1.54, 1.807) is 0 Å². The summed E-state index contributed by atoms with van der Waals surface area (Å²) in [7, 11) is 0. The minimum atomic E-state index is 0.702. The fourth-order valence-electron chi connectivity index (χ4n) is 1.39. The van der Waals surface area contributed by atoms with Gasteiger partial charge in [-0.2, -0.15) is 0 Å². The van der Waals surface area contributed by atoms with Crippen LogP contribution in [0.15, 0.2) is 18.5 Å². The lowest BCUT2D eigenvalue weighted by atomic mass is 9.93. The molecule has 0 radical (unpaired) electrons. The summed E-state index contributed by atoms with van der Waals surface area (Å²) >= 11 is 0. The molecule has 64 valence electrons. The molecule has 0 bridgehead atoms. The predicted octanol–water partition coefficient (Wildman–Crippen LogP) is 2.35. The first-order valence-electron chi connectivity index (χ1n) is 4.53. The summed E-state index contributed by atoms with van der Waals surface area (Å²) in [5, 5.41) is 3.48. The molecular formula is C10H14N2. The standard InChI is InChI=1S/C10H14N2/c1-8-5-6-11-7-10(8)12-9-3-2-4-9/h5-7,9,12H,2-4H2,1H3. The fourth-order valence-corrected chi connectivity index (χ4v) is 1.39. The quantitative estimate of drug-likeness (QED) is 0.722. The fraction of sp³-hybridized carbons (Fsp3) is 0.500. The number of nitrogens with zero attached hydrogens (tertiary/aromatic N) is 1. The van der Waals surface area contributed by atoms with Crippen molar-refractivity contribution in [2.75, 3.05) is 5.32 Å². The van der Waals surface area contributed by atoms with Crippen LogP contribution in [0, 0.1) is 6.92 Å². The largest absolute Gasteiger partial charge is 0.381 e. The Morgan fingerprint density at radius 2 is 2.33 bits per heavy atom. The van der Waals surface area contributed by atoms with Crippen molar-refractivity contribution in [3.05, 3.63) is 24.0 Å². The first kappa shape index (κ1) is 7.59. The van der Waals surface area contributed by atoms with Crippen LogP contribution in [0.4, 0.5) is 5.69 Å². The summed E-state index contributed by atoms with van der Waals surface area (Å²) in [5.41, 5.74) is 2.49. The zero-order valence-electron chi connectivity index (χ0n) is 7.38. The van der Waals surface area contributed by atoms with Gasteiger partial charge in [0.15, 0.2) is 0 Å². The number of aryl methyl sites for hydroxylation is 1. The molecule has 1 aliphatic carbocycles. The van der Waals surface area contributed by atoms with E-state index in [4.69, 9.17) is 0 Å². The maximum absolute atomic E-state index is 4.09. The molecule has 1 saturated carbocycles. The molecular weight excluding hydrogens is 148 g/mol. The molecule has 0 amide bonds. The Kier molecular flexibility index (Phi) is 1.98. The number of nitrogens with one attached hydrogen (secondary N) is 1. The van der Waals surface area contributed by atoms with E-state index >= 15 is 0 Å². The molecule has 0 unspecified atom stereocenters. The van der Waals surface area contributed by atoms with E-state index in [-0.39, 0.29) is 0 Å². The van der Waals surface area contributed by atoms with Crippen molar-refractivity contribution < 1.29 is 0 Å². The summed E-state index contributed by atoms with van der Waals surface area (Å²) in [5.74, 6) is 0. The van der Waals surface area contributed by atoms with Crippen molar-refractivity contribution in [3.63, 3.8) is 0 Å². The zero-order chi connectivity index (χ0) is 8.39. The van der Waals surface area contributed by atoms with Crippen molar-refractivity contribution in [2.45, 2.75) is 32.2 Å². The summed E-state index contributed by atoms with van der Waals surface area (Å²) in [6, 6.07) is 2.74. The predicted molar refractivity (Wildman–Crippen MR) is 50.2 cm³/mol. The lowest BCUT2D eigenvalue weighted by molar-refractivity contribution is 0.445. The molecule has 0 spiro atoms. The number of rotatable bonds is 2. The topological polar surface area (TPSA) is 24.9 Å². The molecule has 0 aromatic carbocycles. The van der Waals surface area contributed by atoms with Gasteiger partial charge in [-0.25, -0.2) is 0 Å². The molecule has 1 fully saturated rings. The van der Waals surface area contributed by atoms with E-state index in [1.165, 1.54) is 30.5 Å². The highest BCUT2D eigenvalue weighted by Gasteiger charge is 2.17. The Bertz CT molecular complexity index is 266. The highest BCUT2D eigenvalue weighted by atomic mass is 14.9. The van der Waals surface area contributed by atoms with Crippen molar-refractivity contribution in [1.82, 2.24) is 4.98 Å². The second-order valence-corrected chi connectivity index (χ2v) is 3.46. The van der Waals surface area contributed by atoms with E-state index < -0.39 is 0 Å². The third-order valence-corrected chi connectivity index (χ3v) is 2.50. The van der Waals surface area contributed by atoms with Crippen molar-refractivity contribution in [2.24, 2.45) is 0 Å². The van der Waals surface area contributed by atoms with Gasteiger partial charge in [-0.3, -0.25) is 4.98 Å². The van der Waals surface area contributed by atoms with Gasteiger partial charge in [0, 0.05) is 12.2 Å². The minimum Gasteiger partial charge on any atom is -0.381 e. The van der Waals surface area contributed by atoms with Gasteiger partial charge in [0.25, 0.3) is 0 Å². The highest BCUT2D eigenvalue weighted by Crippen LogP contribution is 2.24. The summed E-state index contributed by atoms with van der Waals surface area (Å²) in [4.78, 5) is 4.09. The Labute approximate surface area is 73.0 Å². The Morgan fingerprint density at radius 1 is 1.50 bits per heavy atom. The lowest BCUT2D eigenvalue weighted by Gasteiger charge is -2.27. The first-order valence-corrected chi connectivity index (χ1v) is 4.53. The number of anilines is 1. The Morgan fingerprint density at radius 3 is 2.92 bits per heavy atom. The van der Waals surface area contributed by atoms with Crippen LogP contribution >= 0.6 is 0 Å². The van der Waals surface area contributed by atoms with Crippen LogP contribution in [0.1, 0.15) is 24.8 Å². The van der Waals surface area contributed by atoms with Gasteiger partial charge in [-0.1, -0.05) is 0 Å². The molecule has 1 aliphatic rings. The molecule has 1 aromatic heterocycles. The van der Waals surface area contributed by atoms with Crippen LogP contribution in [0.3, 0.4) is 0 Å². The van der Waals surface area contributed by atoms with Crippen molar-refractivity contribution >= 4 is 5.69 Å². The number of pyridine rings is 1. The molecule has 1 heterocycles. The molecule has 2 nitrogen and oxygen atoms in total. The number of hydrogen-bond acceptors (Lipinski definition) is 2. The molecule has 1 N–H and O–H groups in total. The summed E-state index contributed by atoms with van der Waals surface area (Å²) < 4.78 is 0. The average molecular weight is 162 g/mol. The van der Waals surface area contributed by atoms with Crippen LogP contribution in [0.25, 0.3) is 0 Å². The molecule has 0 atom stereocenters. The van der Waals surface area contributed by atoms with Crippen molar-refractivity contribution in [3.8, 4) is 0 Å². The first-order chi connectivity index (χ1) is 5.86. The average Bonchev–Trinajstić information content (AvgIpc) is 2.00. The smallest absolute Gasteiger partial charge is 0.0558 e. The van der Waals surface area contributed by atoms with Crippen LogP contribution in [-0.2, 0) is 0 Å². The van der Waals surface area contributed by atoms with E-state index in [2.05, 4.69) is 17.2 Å². The van der Waals surface area contributed by atoms with Crippen LogP contribution in [-0.4, -0.2) is 11.0 Å². The zero-order valence-corrected chi connectivity index (χ0v) is 7.38. The normalized spacial score (nSPS) is 17.1. The molecule has 1 aromatic rings. The Hall–Kier alpha value is -1.05.